The first-order valence-corrected chi connectivity index (χ1v) is 5.10. The Balaban J connectivity index is 2.12. The third-order valence-electron chi connectivity index (χ3n) is 2.21. The molecule has 1 aromatic heterocycles. The molecule has 0 saturated carbocycles. The van der Waals surface area contributed by atoms with Gasteiger partial charge in [-0.15, -0.1) is 0 Å². The molecule has 4 heteroatoms. The Hall–Kier alpha value is -2.36. The molecule has 0 fully saturated rings. The Labute approximate surface area is 98.5 Å². The number of aromatic carboxylic acids is 1. The number of carboxylic acids is 1. The molecule has 0 bridgehead atoms. The SMILES string of the molecule is O=C([O-])c1cccnc1OCc1ccccc1. The minimum Gasteiger partial charge on any atom is -0.545 e. The van der Waals surface area contributed by atoms with E-state index in [1.165, 1.54) is 18.3 Å². The third kappa shape index (κ3) is 2.81. The second-order valence-electron chi connectivity index (χ2n) is 3.42. The van der Waals surface area contributed by atoms with Gasteiger partial charge in [0.2, 0.25) is 5.88 Å². The highest BCUT2D eigenvalue weighted by Gasteiger charge is 2.05. The quantitative estimate of drug-likeness (QED) is 0.783. The molecule has 0 atom stereocenters. The van der Waals surface area contributed by atoms with E-state index in [2.05, 4.69) is 4.98 Å². The van der Waals surface area contributed by atoms with Crippen LogP contribution in [0.5, 0.6) is 5.88 Å². The lowest BCUT2D eigenvalue weighted by molar-refractivity contribution is -0.255. The van der Waals surface area contributed by atoms with Crippen molar-refractivity contribution in [2.75, 3.05) is 0 Å². The summed E-state index contributed by atoms with van der Waals surface area (Å²) in [6, 6.07) is 12.4. The van der Waals surface area contributed by atoms with Gasteiger partial charge in [-0.05, 0) is 17.7 Å². The van der Waals surface area contributed by atoms with Gasteiger partial charge in [0.15, 0.2) is 0 Å². The van der Waals surface area contributed by atoms with Gasteiger partial charge in [-0.2, -0.15) is 0 Å². The zero-order valence-electron chi connectivity index (χ0n) is 9.00. The molecule has 1 aromatic carbocycles. The van der Waals surface area contributed by atoms with Crippen LogP contribution in [0.3, 0.4) is 0 Å². The van der Waals surface area contributed by atoms with Crippen LogP contribution in [0.4, 0.5) is 0 Å². The van der Waals surface area contributed by atoms with Crippen molar-refractivity contribution in [3.63, 3.8) is 0 Å². The molecular formula is C13H10NO3-. The zero-order chi connectivity index (χ0) is 12.1. The maximum absolute atomic E-state index is 10.8. The smallest absolute Gasteiger partial charge is 0.222 e. The van der Waals surface area contributed by atoms with Crippen LogP contribution in [-0.4, -0.2) is 11.0 Å². The lowest BCUT2D eigenvalue weighted by atomic mass is 10.2. The monoisotopic (exact) mass is 228 g/mol. The molecule has 0 N–H and O–H groups in total. The number of pyridine rings is 1. The summed E-state index contributed by atoms with van der Waals surface area (Å²) in [6.45, 7) is 0.276. The first-order chi connectivity index (χ1) is 8.27. The third-order valence-corrected chi connectivity index (χ3v) is 2.21. The maximum atomic E-state index is 10.8. The van der Waals surface area contributed by atoms with Gasteiger partial charge in [0.05, 0.1) is 11.5 Å². The molecule has 4 nitrogen and oxygen atoms in total. The van der Waals surface area contributed by atoms with Crippen molar-refractivity contribution in [1.29, 1.82) is 0 Å². The molecule has 0 saturated heterocycles. The number of benzene rings is 1. The van der Waals surface area contributed by atoms with E-state index in [0.717, 1.165) is 5.56 Å². The molecule has 2 aromatic rings. The largest absolute Gasteiger partial charge is 0.545 e. The van der Waals surface area contributed by atoms with Crippen LogP contribution in [0.1, 0.15) is 15.9 Å². The molecule has 2 rings (SSSR count). The van der Waals surface area contributed by atoms with Crippen molar-refractivity contribution in [1.82, 2.24) is 4.98 Å². The first-order valence-electron chi connectivity index (χ1n) is 5.10. The lowest BCUT2D eigenvalue weighted by Crippen LogP contribution is -2.23. The summed E-state index contributed by atoms with van der Waals surface area (Å²) in [5, 5.41) is 10.8. The fourth-order valence-corrected chi connectivity index (χ4v) is 1.39. The number of rotatable bonds is 4. The second kappa shape index (κ2) is 5.12. The standard InChI is InChI=1S/C13H11NO3/c15-13(16)11-7-4-8-14-12(11)17-9-10-5-2-1-3-6-10/h1-8H,9H2,(H,15,16)/p-1. The van der Waals surface area contributed by atoms with E-state index in [-0.39, 0.29) is 18.1 Å². The number of carbonyl (C=O) groups excluding carboxylic acids is 1. The molecular weight excluding hydrogens is 218 g/mol. The molecule has 0 aliphatic heterocycles. The number of carboxylic acid groups (broad SMARTS) is 1. The minimum absolute atomic E-state index is 0.0385. The van der Waals surface area contributed by atoms with E-state index in [0.29, 0.717) is 0 Å². The van der Waals surface area contributed by atoms with Gasteiger partial charge in [-0.1, -0.05) is 30.3 Å². The summed E-state index contributed by atoms with van der Waals surface area (Å²) in [4.78, 5) is 14.7. The van der Waals surface area contributed by atoms with Gasteiger partial charge in [0.25, 0.3) is 0 Å². The van der Waals surface area contributed by atoms with Crippen molar-refractivity contribution in [2.45, 2.75) is 6.61 Å². The molecule has 0 spiro atoms. The van der Waals surface area contributed by atoms with Crippen molar-refractivity contribution < 1.29 is 14.6 Å². The van der Waals surface area contributed by atoms with E-state index in [1.54, 1.807) is 0 Å². The number of hydrogen-bond donors (Lipinski definition) is 0. The predicted octanol–water partition coefficient (Wildman–Crippen LogP) is 1.02. The Morgan fingerprint density at radius 3 is 2.65 bits per heavy atom. The number of nitrogens with zero attached hydrogens (tertiary/aromatic N) is 1. The van der Waals surface area contributed by atoms with E-state index < -0.39 is 5.97 Å². The van der Waals surface area contributed by atoms with Gasteiger partial charge in [0, 0.05) is 6.20 Å². The summed E-state index contributed by atoms with van der Waals surface area (Å²) in [6.07, 6.45) is 1.48. The second-order valence-corrected chi connectivity index (χ2v) is 3.42. The van der Waals surface area contributed by atoms with Crippen molar-refractivity contribution in [2.24, 2.45) is 0 Å². The fraction of sp³-hybridized carbons (Fsp3) is 0.0769. The van der Waals surface area contributed by atoms with E-state index >= 15 is 0 Å². The van der Waals surface area contributed by atoms with E-state index in [4.69, 9.17) is 4.74 Å². The van der Waals surface area contributed by atoms with Crippen molar-refractivity contribution in [3.05, 3.63) is 59.8 Å². The molecule has 0 aliphatic carbocycles. The van der Waals surface area contributed by atoms with E-state index in [9.17, 15) is 9.90 Å². The average Bonchev–Trinajstić information content (AvgIpc) is 2.38. The van der Waals surface area contributed by atoms with Gasteiger partial charge in [-0.3, -0.25) is 0 Å². The van der Waals surface area contributed by atoms with Gasteiger partial charge in [0.1, 0.15) is 6.61 Å². The minimum atomic E-state index is -1.29. The molecule has 0 aliphatic rings. The van der Waals surface area contributed by atoms with Crippen LogP contribution < -0.4 is 9.84 Å². The lowest BCUT2D eigenvalue weighted by Gasteiger charge is -2.10. The van der Waals surface area contributed by atoms with Crippen LogP contribution >= 0.6 is 0 Å². The average molecular weight is 228 g/mol. The van der Waals surface area contributed by atoms with Crippen LogP contribution in [0.25, 0.3) is 0 Å². The summed E-state index contributed by atoms with van der Waals surface area (Å²) in [5.41, 5.74) is 0.908. The van der Waals surface area contributed by atoms with E-state index in [1.807, 2.05) is 30.3 Å². The summed E-state index contributed by atoms with van der Waals surface area (Å²) in [7, 11) is 0. The highest BCUT2D eigenvalue weighted by molar-refractivity contribution is 5.88. The van der Waals surface area contributed by atoms with Crippen LogP contribution in [0, 0.1) is 0 Å². The number of aromatic nitrogens is 1. The topological polar surface area (TPSA) is 62.2 Å². The van der Waals surface area contributed by atoms with Crippen molar-refractivity contribution in [3.8, 4) is 5.88 Å². The van der Waals surface area contributed by atoms with Crippen LogP contribution in [0.15, 0.2) is 48.7 Å². The van der Waals surface area contributed by atoms with Gasteiger partial charge in [-0.25, -0.2) is 4.98 Å². The number of ether oxygens (including phenoxy) is 1. The van der Waals surface area contributed by atoms with Crippen LogP contribution in [0.2, 0.25) is 0 Å². The summed E-state index contributed by atoms with van der Waals surface area (Å²) in [5.74, 6) is -1.21. The van der Waals surface area contributed by atoms with Crippen LogP contribution in [-0.2, 0) is 6.61 Å². The Morgan fingerprint density at radius 2 is 1.94 bits per heavy atom. The normalized spacial score (nSPS) is 9.88. The molecule has 0 unspecified atom stereocenters. The summed E-state index contributed by atoms with van der Waals surface area (Å²) < 4.78 is 5.35. The number of hydrogen-bond acceptors (Lipinski definition) is 4. The van der Waals surface area contributed by atoms with Gasteiger partial charge >= 0.3 is 0 Å². The Bertz CT molecular complexity index is 511. The molecule has 0 amide bonds. The number of carbonyl (C=O) groups is 1. The highest BCUT2D eigenvalue weighted by Crippen LogP contribution is 2.14. The molecule has 17 heavy (non-hydrogen) atoms. The fourth-order valence-electron chi connectivity index (χ4n) is 1.39. The molecule has 0 radical (unpaired) electrons. The first kappa shape index (κ1) is 11.1. The summed E-state index contributed by atoms with van der Waals surface area (Å²) >= 11 is 0. The zero-order valence-corrected chi connectivity index (χ0v) is 9.00. The Morgan fingerprint density at radius 1 is 1.18 bits per heavy atom. The molecule has 1 heterocycles. The van der Waals surface area contributed by atoms with Gasteiger partial charge < -0.3 is 14.6 Å². The molecule has 86 valence electrons. The Kier molecular flexibility index (Phi) is 3.35. The predicted molar refractivity (Wildman–Crippen MR) is 59.3 cm³/mol. The highest BCUT2D eigenvalue weighted by atomic mass is 16.5. The maximum Gasteiger partial charge on any atom is 0.222 e. The van der Waals surface area contributed by atoms with Crippen molar-refractivity contribution >= 4 is 5.97 Å².